The van der Waals surface area contributed by atoms with E-state index in [0.717, 1.165) is 6.07 Å². The quantitative estimate of drug-likeness (QED) is 0.423. The number of benzene rings is 1. The number of aromatic nitrogens is 2. The molecule has 0 saturated carbocycles. The monoisotopic (exact) mass is 555 g/mol. The van der Waals surface area contributed by atoms with Gasteiger partial charge in [-0.25, -0.2) is 9.18 Å². The van der Waals surface area contributed by atoms with E-state index in [1.807, 2.05) is 0 Å². The summed E-state index contributed by atoms with van der Waals surface area (Å²) in [6.45, 7) is 0. The molecule has 2 aromatic rings. The molecule has 0 amide bonds. The summed E-state index contributed by atoms with van der Waals surface area (Å²) in [5.41, 5.74) is -5.70. The summed E-state index contributed by atoms with van der Waals surface area (Å²) < 4.78 is 78.0. The van der Waals surface area contributed by atoms with E-state index in [4.69, 9.17) is 11.6 Å². The van der Waals surface area contributed by atoms with Gasteiger partial charge in [0.15, 0.2) is 0 Å². The molecule has 2 rings (SSSR count). The van der Waals surface area contributed by atoms with Gasteiger partial charge in [-0.3, -0.25) is 13.9 Å². The van der Waals surface area contributed by atoms with Gasteiger partial charge in [-0.15, -0.1) is 23.7 Å². The Labute approximate surface area is 154 Å². The Morgan fingerprint density at radius 1 is 1.12 bits per heavy atom. The van der Waals surface area contributed by atoms with Gasteiger partial charge in [0.2, 0.25) is 5.56 Å². The van der Waals surface area contributed by atoms with E-state index in [1.54, 1.807) is 0 Å². The molecule has 0 aliphatic rings. The third-order valence-corrected chi connectivity index (χ3v) is 3.30. The molecule has 0 fully saturated rings. The molecule has 1 heterocycles. The third-order valence-electron chi connectivity index (χ3n) is 3.08. The molecule has 12 heteroatoms. The summed E-state index contributed by atoms with van der Waals surface area (Å²) in [7, 11) is 0.602. The molecule has 0 atom stereocenters. The van der Waals surface area contributed by atoms with Crippen molar-refractivity contribution in [1.82, 2.24) is 9.13 Å². The van der Waals surface area contributed by atoms with Crippen molar-refractivity contribution >= 4 is 11.6 Å². The molecule has 1 aromatic carbocycles. The Morgan fingerprint density at radius 3 is 2.16 bits per heavy atom. The molecule has 0 saturated heterocycles. The van der Waals surface area contributed by atoms with Crippen molar-refractivity contribution in [2.45, 2.75) is 12.1 Å². The van der Waals surface area contributed by atoms with Crippen LogP contribution in [0.4, 0.5) is 26.3 Å². The van der Waals surface area contributed by atoms with Gasteiger partial charge >= 0.3 is 17.8 Å². The Kier molecular flexibility index (Phi) is 6.01. The van der Waals surface area contributed by atoms with Crippen LogP contribution in [0, 0.1) is 11.9 Å². The minimum atomic E-state index is -6.02. The van der Waals surface area contributed by atoms with Crippen molar-refractivity contribution < 1.29 is 47.4 Å². The number of rotatable bonds is 2. The van der Waals surface area contributed by atoms with Crippen molar-refractivity contribution in [1.29, 1.82) is 0 Å². The topological polar surface area (TPSA) is 44.0 Å². The molecule has 0 spiro atoms. The molecule has 4 nitrogen and oxygen atoms in total. The summed E-state index contributed by atoms with van der Waals surface area (Å²) in [5, 5.41) is -0.193. The predicted octanol–water partition coefficient (Wildman–Crippen LogP) is 2.78. The maximum atomic E-state index is 13.8. The van der Waals surface area contributed by atoms with Crippen LogP contribution < -0.4 is 11.2 Å². The molecule has 0 bridgehead atoms. The normalized spacial score (nSPS) is 12.0. The summed E-state index contributed by atoms with van der Waals surface area (Å²) >= 11 is 5.46. The molecule has 0 N–H and O–H groups in total. The van der Waals surface area contributed by atoms with Crippen LogP contribution in [0.1, 0.15) is 5.69 Å². The molecule has 0 unspecified atom stereocenters. The average Bonchev–Trinajstić information content (AvgIpc) is 2.43. The summed E-state index contributed by atoms with van der Waals surface area (Å²) in [5.74, 6) is -6.60. The smallest absolute Gasteiger partial charge is 0.295 e. The Morgan fingerprint density at radius 2 is 1.68 bits per heavy atom. The Balaban J connectivity index is 0.00000312. The predicted molar refractivity (Wildman–Crippen MR) is 71.0 cm³/mol. The fourth-order valence-electron chi connectivity index (χ4n) is 1.90. The summed E-state index contributed by atoms with van der Waals surface area (Å²) in [6, 6.07) is 3.68. The first-order valence-electron chi connectivity index (χ1n) is 6.03. The average molecular weight is 555 g/mol. The van der Waals surface area contributed by atoms with E-state index >= 15 is 0 Å². The second-order valence-electron chi connectivity index (χ2n) is 4.63. The van der Waals surface area contributed by atoms with E-state index in [2.05, 4.69) is 6.07 Å². The van der Waals surface area contributed by atoms with Crippen LogP contribution in [0.25, 0.3) is 5.69 Å². The van der Waals surface area contributed by atoms with E-state index < -0.39 is 40.5 Å². The first-order chi connectivity index (χ1) is 10.9. The van der Waals surface area contributed by atoms with Crippen LogP contribution in [0.2, 0.25) is 5.02 Å². The van der Waals surface area contributed by atoms with Gasteiger partial charge in [0.1, 0.15) is 5.69 Å². The maximum Gasteiger partial charge on any atom is 0.459 e. The molecule has 136 valence electrons. The Hall–Kier alpha value is -1.54. The van der Waals surface area contributed by atoms with Crippen molar-refractivity contribution in [3.05, 3.63) is 61.6 Å². The Bertz CT molecular complexity index is 922. The van der Waals surface area contributed by atoms with Crippen LogP contribution in [0.15, 0.2) is 27.8 Å². The second kappa shape index (κ2) is 6.99. The molecule has 0 aliphatic heterocycles. The second-order valence-corrected chi connectivity index (χ2v) is 5.04. The minimum absolute atomic E-state index is 0. The maximum absolute atomic E-state index is 13.8. The molecular weight excluding hydrogens is 549 g/mol. The van der Waals surface area contributed by atoms with Crippen LogP contribution in [-0.2, 0) is 34.0 Å². The van der Waals surface area contributed by atoms with Gasteiger partial charge in [-0.2, -0.15) is 28.0 Å². The first-order valence-corrected chi connectivity index (χ1v) is 6.41. The van der Waals surface area contributed by atoms with Gasteiger partial charge in [0, 0.05) is 40.0 Å². The number of hydrogen-bond donors (Lipinski definition) is 0. The van der Waals surface area contributed by atoms with Gasteiger partial charge in [0.25, 0.3) is 0 Å². The molecule has 25 heavy (non-hydrogen) atoms. The van der Waals surface area contributed by atoms with Crippen LogP contribution in [0.3, 0.4) is 0 Å². The molecule has 0 aliphatic carbocycles. The van der Waals surface area contributed by atoms with Crippen LogP contribution >= 0.6 is 11.6 Å². The molecule has 1 aromatic heterocycles. The van der Waals surface area contributed by atoms with E-state index in [-0.39, 0.29) is 41.3 Å². The van der Waals surface area contributed by atoms with E-state index in [0.29, 0.717) is 13.1 Å². The van der Waals surface area contributed by atoms with Gasteiger partial charge < -0.3 is 0 Å². The standard InChI is InChI=1S/C13H6ClF6N2O2.W/c1-21-9(12(16,17)13(18,19)20)5-10(23)22(11(21)24)8-3-2-6(14)4-7(8)15;/h3-5H,1H3;/q-1;. The number of hydrogen-bond acceptors (Lipinski definition) is 2. The minimum Gasteiger partial charge on any atom is -0.295 e. The zero-order chi connectivity index (χ0) is 18.4. The fraction of sp³-hybridized carbons (Fsp3) is 0.231. The van der Waals surface area contributed by atoms with E-state index in [1.165, 1.54) is 0 Å². The third kappa shape index (κ3) is 3.69. The van der Waals surface area contributed by atoms with Gasteiger partial charge in [-0.05, 0) is 5.69 Å². The van der Waals surface area contributed by atoms with Crippen LogP contribution in [0.5, 0.6) is 0 Å². The number of nitrogens with zero attached hydrogens (tertiary/aromatic N) is 2. The molecule has 0 radical (unpaired) electrons. The number of alkyl halides is 5. The summed E-state index contributed by atoms with van der Waals surface area (Å²) in [6.07, 6.45) is -6.02. The van der Waals surface area contributed by atoms with Crippen molar-refractivity contribution in [3.8, 4) is 5.69 Å². The molecular formula is C13H6ClF6N2O2W-. The van der Waals surface area contributed by atoms with E-state index in [9.17, 15) is 35.9 Å². The van der Waals surface area contributed by atoms with Crippen LogP contribution in [-0.4, -0.2) is 15.3 Å². The zero-order valence-electron chi connectivity index (χ0n) is 12.0. The van der Waals surface area contributed by atoms with Crippen molar-refractivity contribution in [3.63, 3.8) is 0 Å². The van der Waals surface area contributed by atoms with Crippen molar-refractivity contribution in [2.24, 2.45) is 7.05 Å². The fourth-order valence-corrected chi connectivity index (χ4v) is 2.05. The van der Waals surface area contributed by atoms with Gasteiger partial charge in [-0.1, -0.05) is 5.02 Å². The summed E-state index contributed by atoms with van der Waals surface area (Å²) in [4.78, 5) is 23.9. The van der Waals surface area contributed by atoms with Gasteiger partial charge in [0.05, 0.1) is 0 Å². The SMILES string of the molecule is Cn1c(C(F)(F)C(F)(F)F)cc(=O)n(-c2c[c-]c(Cl)cc2F)c1=O.[W]. The van der Waals surface area contributed by atoms with Crippen molar-refractivity contribution in [2.75, 3.05) is 0 Å². The zero-order valence-corrected chi connectivity index (χ0v) is 15.7. The first kappa shape index (κ1) is 21.5. The largest absolute Gasteiger partial charge is 0.459 e. The number of halogens is 7.